The van der Waals surface area contributed by atoms with Crippen molar-refractivity contribution in [3.8, 4) is 0 Å². The van der Waals surface area contributed by atoms with E-state index < -0.39 is 22.4 Å². The lowest BCUT2D eigenvalue weighted by atomic mass is 10.1. The average Bonchev–Trinajstić information content (AvgIpc) is 2.85. The number of aliphatic hydroxyl groups excluding tert-OH is 1. The van der Waals surface area contributed by atoms with E-state index in [4.69, 9.17) is 5.11 Å². The summed E-state index contributed by atoms with van der Waals surface area (Å²) in [7, 11) is -3.86. The highest BCUT2D eigenvalue weighted by Crippen LogP contribution is 2.21. The second-order valence-corrected chi connectivity index (χ2v) is 7.58. The van der Waals surface area contributed by atoms with E-state index >= 15 is 0 Å². The molecular formula is C13H15FN2O3S2. The van der Waals surface area contributed by atoms with E-state index in [-0.39, 0.29) is 22.6 Å². The van der Waals surface area contributed by atoms with Gasteiger partial charge in [0.05, 0.1) is 16.5 Å². The minimum absolute atomic E-state index is 0.0279. The Kier molecular flexibility index (Phi) is 4.72. The zero-order valence-corrected chi connectivity index (χ0v) is 13.2. The van der Waals surface area contributed by atoms with Crippen molar-refractivity contribution in [1.29, 1.82) is 0 Å². The molecule has 0 unspecified atom stereocenters. The van der Waals surface area contributed by atoms with Gasteiger partial charge < -0.3 is 5.11 Å². The van der Waals surface area contributed by atoms with Gasteiger partial charge in [0.2, 0.25) is 10.0 Å². The number of rotatable bonds is 5. The quantitative estimate of drug-likeness (QED) is 0.877. The smallest absolute Gasteiger partial charge is 0.241 e. The lowest BCUT2D eigenvalue weighted by molar-refractivity contribution is 0.281. The van der Waals surface area contributed by atoms with Gasteiger partial charge in [-0.05, 0) is 31.5 Å². The molecule has 21 heavy (non-hydrogen) atoms. The van der Waals surface area contributed by atoms with Crippen LogP contribution < -0.4 is 4.72 Å². The van der Waals surface area contributed by atoms with Crippen molar-refractivity contribution >= 4 is 21.4 Å². The fourth-order valence-electron chi connectivity index (χ4n) is 1.81. The van der Waals surface area contributed by atoms with Crippen molar-refractivity contribution in [2.24, 2.45) is 0 Å². The normalized spacial score (nSPS) is 11.8. The molecular weight excluding hydrogens is 315 g/mol. The zero-order valence-electron chi connectivity index (χ0n) is 11.6. The van der Waals surface area contributed by atoms with Crippen LogP contribution in [0.2, 0.25) is 0 Å². The molecule has 8 heteroatoms. The van der Waals surface area contributed by atoms with Crippen molar-refractivity contribution in [3.63, 3.8) is 0 Å². The number of aliphatic hydroxyl groups is 1. The lowest BCUT2D eigenvalue weighted by Crippen LogP contribution is -2.24. The number of thiazole rings is 1. The van der Waals surface area contributed by atoms with Gasteiger partial charge in [-0.2, -0.15) is 0 Å². The Labute approximate surface area is 126 Å². The molecule has 2 rings (SSSR count). The Bertz CT molecular complexity index is 757. The number of halogens is 1. The van der Waals surface area contributed by atoms with Crippen LogP contribution >= 0.6 is 11.3 Å². The summed E-state index contributed by atoms with van der Waals surface area (Å²) in [5.74, 6) is -0.657. The molecule has 1 heterocycles. The SMILES string of the molecule is Cc1ncc(CNS(=O)(=O)c2cc(CO)cc(F)c2C)s1. The fraction of sp³-hybridized carbons (Fsp3) is 0.308. The second kappa shape index (κ2) is 6.18. The first-order chi connectivity index (χ1) is 9.83. The van der Waals surface area contributed by atoms with Crippen molar-refractivity contribution in [3.05, 3.63) is 45.2 Å². The van der Waals surface area contributed by atoms with Crippen LogP contribution in [0.3, 0.4) is 0 Å². The number of nitrogens with zero attached hydrogens (tertiary/aromatic N) is 1. The summed E-state index contributed by atoms with van der Waals surface area (Å²) in [6.07, 6.45) is 1.60. The molecule has 5 nitrogen and oxygen atoms in total. The number of aromatic nitrogens is 1. The summed E-state index contributed by atoms with van der Waals surface area (Å²) in [5, 5.41) is 9.91. The molecule has 0 aliphatic rings. The average molecular weight is 330 g/mol. The molecule has 0 aliphatic heterocycles. The third kappa shape index (κ3) is 3.65. The van der Waals surface area contributed by atoms with Crippen molar-refractivity contribution in [2.75, 3.05) is 0 Å². The molecule has 0 amide bonds. The largest absolute Gasteiger partial charge is 0.392 e. The van der Waals surface area contributed by atoms with Gasteiger partial charge in [-0.25, -0.2) is 22.5 Å². The topological polar surface area (TPSA) is 79.3 Å². The number of hydrogen-bond acceptors (Lipinski definition) is 5. The maximum atomic E-state index is 13.7. The maximum Gasteiger partial charge on any atom is 0.241 e. The summed E-state index contributed by atoms with van der Waals surface area (Å²) in [6.45, 7) is 2.89. The highest BCUT2D eigenvalue weighted by molar-refractivity contribution is 7.89. The molecule has 0 radical (unpaired) electrons. The van der Waals surface area contributed by atoms with Gasteiger partial charge in [-0.3, -0.25) is 0 Å². The number of aryl methyl sites for hydroxylation is 1. The highest BCUT2D eigenvalue weighted by Gasteiger charge is 2.20. The number of nitrogens with one attached hydrogen (secondary N) is 1. The fourth-order valence-corrected chi connectivity index (χ4v) is 3.94. The summed E-state index contributed by atoms with van der Waals surface area (Å²) < 4.78 is 40.7. The van der Waals surface area contributed by atoms with Crippen LogP contribution in [0, 0.1) is 19.7 Å². The molecule has 0 spiro atoms. The summed E-state index contributed by atoms with van der Waals surface area (Å²) in [4.78, 5) is 4.65. The summed E-state index contributed by atoms with van der Waals surface area (Å²) in [6, 6.07) is 2.40. The summed E-state index contributed by atoms with van der Waals surface area (Å²) >= 11 is 1.39. The molecule has 0 saturated heterocycles. The predicted molar refractivity (Wildman–Crippen MR) is 77.9 cm³/mol. The third-order valence-electron chi connectivity index (χ3n) is 2.93. The monoisotopic (exact) mass is 330 g/mol. The molecule has 1 aromatic heterocycles. The van der Waals surface area contributed by atoms with Crippen molar-refractivity contribution in [1.82, 2.24) is 9.71 Å². The molecule has 1 aromatic carbocycles. The maximum absolute atomic E-state index is 13.7. The van der Waals surface area contributed by atoms with Crippen LogP contribution in [0.25, 0.3) is 0 Å². The molecule has 2 aromatic rings. The standard InChI is InChI=1S/C13H15FN2O3S2/c1-8-12(14)3-10(7-17)4-13(8)21(18,19)16-6-11-5-15-9(2)20-11/h3-5,16-17H,6-7H2,1-2H3. The Morgan fingerprint density at radius 3 is 2.67 bits per heavy atom. The van der Waals surface area contributed by atoms with Crippen molar-refractivity contribution in [2.45, 2.75) is 31.9 Å². The van der Waals surface area contributed by atoms with Crippen LogP contribution in [-0.4, -0.2) is 18.5 Å². The van der Waals surface area contributed by atoms with Gasteiger partial charge in [0.25, 0.3) is 0 Å². The first-order valence-corrected chi connectivity index (χ1v) is 8.44. The lowest BCUT2D eigenvalue weighted by Gasteiger charge is -2.11. The first-order valence-electron chi connectivity index (χ1n) is 6.14. The van der Waals surface area contributed by atoms with Crippen LogP contribution in [0.4, 0.5) is 4.39 Å². The number of hydrogen-bond donors (Lipinski definition) is 2. The van der Waals surface area contributed by atoms with Crippen LogP contribution in [0.5, 0.6) is 0 Å². The molecule has 0 aliphatic carbocycles. The van der Waals surface area contributed by atoms with Crippen molar-refractivity contribution < 1.29 is 17.9 Å². The zero-order chi connectivity index (χ0) is 15.6. The van der Waals surface area contributed by atoms with E-state index in [9.17, 15) is 12.8 Å². The minimum atomic E-state index is -3.86. The Morgan fingerprint density at radius 1 is 1.38 bits per heavy atom. The van der Waals surface area contributed by atoms with E-state index in [1.165, 1.54) is 24.3 Å². The Morgan fingerprint density at radius 2 is 2.10 bits per heavy atom. The first kappa shape index (κ1) is 16.0. The van der Waals surface area contributed by atoms with Gasteiger partial charge in [0, 0.05) is 23.2 Å². The minimum Gasteiger partial charge on any atom is -0.392 e. The van der Waals surface area contributed by atoms with Gasteiger partial charge in [0.15, 0.2) is 0 Å². The molecule has 2 N–H and O–H groups in total. The van der Waals surface area contributed by atoms with Gasteiger partial charge in [0.1, 0.15) is 5.82 Å². The van der Waals surface area contributed by atoms with E-state index in [0.717, 1.165) is 16.0 Å². The third-order valence-corrected chi connectivity index (χ3v) is 5.37. The molecule has 0 atom stereocenters. The number of sulfonamides is 1. The Hall–Kier alpha value is -1.35. The van der Waals surface area contributed by atoms with Gasteiger partial charge in [-0.15, -0.1) is 11.3 Å². The number of benzene rings is 1. The molecule has 0 saturated carbocycles. The van der Waals surface area contributed by atoms with Crippen LogP contribution in [0.1, 0.15) is 21.0 Å². The Balaban J connectivity index is 2.29. The highest BCUT2D eigenvalue weighted by atomic mass is 32.2. The van der Waals surface area contributed by atoms with Gasteiger partial charge in [-0.1, -0.05) is 0 Å². The van der Waals surface area contributed by atoms with E-state index in [1.807, 2.05) is 6.92 Å². The van der Waals surface area contributed by atoms with E-state index in [0.29, 0.717) is 0 Å². The molecule has 0 bridgehead atoms. The van der Waals surface area contributed by atoms with Gasteiger partial charge >= 0.3 is 0 Å². The van der Waals surface area contributed by atoms with E-state index in [2.05, 4.69) is 9.71 Å². The van der Waals surface area contributed by atoms with E-state index in [1.54, 1.807) is 6.20 Å². The molecule has 114 valence electrons. The van der Waals surface area contributed by atoms with Crippen LogP contribution in [0.15, 0.2) is 23.2 Å². The molecule has 0 fully saturated rings. The van der Waals surface area contributed by atoms with Crippen LogP contribution in [-0.2, 0) is 23.2 Å². The predicted octanol–water partition coefficient (Wildman–Crippen LogP) is 1.87. The summed E-state index contributed by atoms with van der Waals surface area (Å²) in [5.41, 5.74) is 0.243. The second-order valence-electron chi connectivity index (χ2n) is 4.53.